The number of aromatic nitrogens is 4. The van der Waals surface area contributed by atoms with Gasteiger partial charge in [0.1, 0.15) is 12.7 Å². The zero-order chi connectivity index (χ0) is 22.6. The predicted octanol–water partition coefficient (Wildman–Crippen LogP) is 3.63. The van der Waals surface area contributed by atoms with Crippen molar-refractivity contribution in [3.63, 3.8) is 0 Å². The van der Waals surface area contributed by atoms with Crippen molar-refractivity contribution in [3.8, 4) is 5.69 Å². The fourth-order valence-electron chi connectivity index (χ4n) is 4.75. The first-order valence-corrected chi connectivity index (χ1v) is 11.7. The number of H-pyrrole nitrogens is 1. The second kappa shape index (κ2) is 9.58. The number of nitrogens with zero attached hydrogens (tertiary/aromatic N) is 5. The molecule has 7 heteroatoms. The van der Waals surface area contributed by atoms with Crippen LogP contribution in [0.25, 0.3) is 16.6 Å². The maximum atomic E-state index is 12.8. The number of hydrogen-bond acceptors (Lipinski definition) is 4. The molecular weight excluding hydrogens is 412 g/mol. The summed E-state index contributed by atoms with van der Waals surface area (Å²) >= 11 is 0. The van der Waals surface area contributed by atoms with Gasteiger partial charge < -0.3 is 9.88 Å². The van der Waals surface area contributed by atoms with Gasteiger partial charge in [-0.25, -0.2) is 0 Å². The van der Waals surface area contributed by atoms with E-state index in [2.05, 4.69) is 75.7 Å². The van der Waals surface area contributed by atoms with Crippen molar-refractivity contribution >= 4 is 16.8 Å². The molecule has 7 nitrogen and oxygen atoms in total. The van der Waals surface area contributed by atoms with Gasteiger partial charge in [0.15, 0.2) is 0 Å². The van der Waals surface area contributed by atoms with Gasteiger partial charge in [-0.3, -0.25) is 14.3 Å². The van der Waals surface area contributed by atoms with Crippen LogP contribution in [0.1, 0.15) is 30.4 Å². The molecule has 170 valence electrons. The van der Waals surface area contributed by atoms with Gasteiger partial charge in [-0.15, -0.1) is 10.2 Å². The van der Waals surface area contributed by atoms with E-state index in [-0.39, 0.29) is 5.91 Å². The van der Waals surface area contributed by atoms with Crippen LogP contribution < -0.4 is 0 Å². The molecule has 0 aliphatic carbocycles. The summed E-state index contributed by atoms with van der Waals surface area (Å²) in [5.74, 6) is 0.672. The van der Waals surface area contributed by atoms with E-state index in [4.69, 9.17) is 0 Å². The first-order chi connectivity index (χ1) is 16.2. The lowest BCUT2D eigenvalue weighted by molar-refractivity contribution is -0.136. The van der Waals surface area contributed by atoms with Gasteiger partial charge in [0.25, 0.3) is 0 Å². The average Bonchev–Trinajstić information content (AvgIpc) is 3.51. The number of rotatable bonds is 8. The van der Waals surface area contributed by atoms with E-state index in [9.17, 15) is 4.79 Å². The summed E-state index contributed by atoms with van der Waals surface area (Å²) in [4.78, 5) is 20.5. The number of aryl methyl sites for hydroxylation is 1. The minimum atomic E-state index is 0.246. The summed E-state index contributed by atoms with van der Waals surface area (Å²) in [6.07, 6.45) is 7.39. The van der Waals surface area contributed by atoms with Crippen molar-refractivity contribution in [1.29, 1.82) is 0 Å². The lowest BCUT2D eigenvalue weighted by Crippen LogP contribution is -2.51. The van der Waals surface area contributed by atoms with Crippen LogP contribution in [0.2, 0.25) is 0 Å². The minimum Gasteiger partial charge on any atom is -0.361 e. The van der Waals surface area contributed by atoms with E-state index in [1.54, 1.807) is 12.7 Å². The first kappa shape index (κ1) is 21.4. The molecule has 1 N–H and O–H groups in total. The number of nitrogens with one attached hydrogen (secondary N) is 1. The fraction of sp³-hybridized carbons (Fsp3) is 0.346. The summed E-state index contributed by atoms with van der Waals surface area (Å²) in [7, 11) is 0. The molecule has 1 amide bonds. The fourth-order valence-corrected chi connectivity index (χ4v) is 4.75. The molecule has 1 aliphatic heterocycles. The minimum absolute atomic E-state index is 0.246. The molecule has 1 unspecified atom stereocenters. The van der Waals surface area contributed by atoms with E-state index < -0.39 is 0 Å². The molecular formula is C26H30N6O. The third kappa shape index (κ3) is 4.83. The Hall–Kier alpha value is -3.45. The molecule has 1 atom stereocenters. The molecule has 33 heavy (non-hydrogen) atoms. The number of aromatic amines is 1. The quantitative estimate of drug-likeness (QED) is 0.452. The summed E-state index contributed by atoms with van der Waals surface area (Å²) < 4.78 is 1.91. The van der Waals surface area contributed by atoms with Crippen LogP contribution in [-0.4, -0.2) is 68.2 Å². The smallest absolute Gasteiger partial charge is 0.236 e. The number of benzene rings is 2. The predicted molar refractivity (Wildman–Crippen MR) is 129 cm³/mol. The van der Waals surface area contributed by atoms with E-state index in [1.165, 1.54) is 16.5 Å². The molecule has 0 bridgehead atoms. The maximum absolute atomic E-state index is 12.8. The van der Waals surface area contributed by atoms with Crippen molar-refractivity contribution in [2.24, 2.45) is 0 Å². The lowest BCUT2D eigenvalue weighted by Gasteiger charge is -2.35. The molecule has 0 radical (unpaired) electrons. The van der Waals surface area contributed by atoms with E-state index in [0.29, 0.717) is 12.5 Å². The molecule has 0 spiro atoms. The highest BCUT2D eigenvalue weighted by molar-refractivity contribution is 5.85. The highest BCUT2D eigenvalue weighted by atomic mass is 16.2. The SMILES string of the molecule is CC(CN1CCN(CCCc2c[nH]c3ccc(-n4cnnc4)cc23)C(=O)C1)c1ccccc1. The van der Waals surface area contributed by atoms with Gasteiger partial charge in [-0.05, 0) is 48.1 Å². The van der Waals surface area contributed by atoms with Crippen molar-refractivity contribution in [2.45, 2.75) is 25.7 Å². The monoisotopic (exact) mass is 442 g/mol. The van der Waals surface area contributed by atoms with Crippen LogP contribution in [0, 0.1) is 0 Å². The number of fused-ring (bicyclic) bond motifs is 1. The van der Waals surface area contributed by atoms with Crippen LogP contribution in [0.4, 0.5) is 0 Å². The summed E-state index contributed by atoms with van der Waals surface area (Å²) in [6, 6.07) is 16.9. The number of carbonyl (C=O) groups excluding carboxylic acids is 1. The number of amides is 1. The zero-order valence-electron chi connectivity index (χ0n) is 19.0. The number of piperazine rings is 1. The molecule has 4 aromatic rings. The van der Waals surface area contributed by atoms with Gasteiger partial charge in [0.2, 0.25) is 5.91 Å². The van der Waals surface area contributed by atoms with Crippen LogP contribution in [0.5, 0.6) is 0 Å². The third-order valence-corrected chi connectivity index (χ3v) is 6.64. The van der Waals surface area contributed by atoms with Crippen LogP contribution >= 0.6 is 0 Å². The van der Waals surface area contributed by atoms with Crippen LogP contribution in [0.3, 0.4) is 0 Å². The van der Waals surface area contributed by atoms with Crippen LogP contribution in [0.15, 0.2) is 67.4 Å². The van der Waals surface area contributed by atoms with Crippen molar-refractivity contribution in [3.05, 3.63) is 78.5 Å². The Morgan fingerprint density at radius 1 is 1.06 bits per heavy atom. The Morgan fingerprint density at radius 2 is 1.88 bits per heavy atom. The molecule has 3 heterocycles. The van der Waals surface area contributed by atoms with Crippen LogP contribution in [-0.2, 0) is 11.2 Å². The summed E-state index contributed by atoms with van der Waals surface area (Å²) in [5.41, 5.74) is 4.78. The molecule has 2 aromatic carbocycles. The standard InChI is InChI=1S/C26H30N6O/c1-20(21-6-3-2-4-7-21)16-30-12-13-31(26(33)17-30)11-5-8-22-15-27-25-10-9-23(14-24(22)25)32-18-28-29-19-32/h2-4,6-7,9-10,14-15,18-20,27H,5,8,11-13,16-17H2,1H3. The first-order valence-electron chi connectivity index (χ1n) is 11.7. The van der Waals surface area contributed by atoms with Crippen molar-refractivity contribution < 1.29 is 4.79 Å². The van der Waals surface area contributed by atoms with Crippen molar-refractivity contribution in [2.75, 3.05) is 32.7 Å². The van der Waals surface area contributed by atoms with Gasteiger partial charge >= 0.3 is 0 Å². The molecule has 1 fully saturated rings. The summed E-state index contributed by atoms with van der Waals surface area (Å²) in [5, 5.41) is 9.01. The van der Waals surface area contributed by atoms with Gasteiger partial charge in [0, 0.05) is 49.0 Å². The Bertz CT molecular complexity index is 1200. The Labute approximate surface area is 194 Å². The van der Waals surface area contributed by atoms with Gasteiger partial charge in [0.05, 0.1) is 6.54 Å². The normalized spacial score (nSPS) is 15.9. The topological polar surface area (TPSA) is 70.1 Å². The van der Waals surface area contributed by atoms with E-state index >= 15 is 0 Å². The highest BCUT2D eigenvalue weighted by Crippen LogP contribution is 2.23. The maximum Gasteiger partial charge on any atom is 0.236 e. The van der Waals surface area contributed by atoms with Crippen molar-refractivity contribution in [1.82, 2.24) is 29.5 Å². The largest absolute Gasteiger partial charge is 0.361 e. The second-order valence-electron chi connectivity index (χ2n) is 8.94. The Kier molecular flexibility index (Phi) is 6.21. The van der Waals surface area contributed by atoms with E-state index in [1.807, 2.05) is 15.5 Å². The molecule has 5 rings (SSSR count). The number of hydrogen-bond donors (Lipinski definition) is 1. The van der Waals surface area contributed by atoms with Gasteiger partial charge in [-0.1, -0.05) is 37.3 Å². The lowest BCUT2D eigenvalue weighted by atomic mass is 10.0. The second-order valence-corrected chi connectivity index (χ2v) is 8.94. The number of carbonyl (C=O) groups is 1. The van der Waals surface area contributed by atoms with Gasteiger partial charge in [-0.2, -0.15) is 0 Å². The molecule has 2 aromatic heterocycles. The Morgan fingerprint density at radius 3 is 2.67 bits per heavy atom. The zero-order valence-corrected chi connectivity index (χ0v) is 19.0. The Balaban J connectivity index is 1.14. The third-order valence-electron chi connectivity index (χ3n) is 6.64. The molecule has 1 saturated heterocycles. The molecule has 0 saturated carbocycles. The molecule has 1 aliphatic rings. The summed E-state index contributed by atoms with van der Waals surface area (Å²) in [6.45, 7) is 6.24. The highest BCUT2D eigenvalue weighted by Gasteiger charge is 2.24. The average molecular weight is 443 g/mol. The van der Waals surface area contributed by atoms with E-state index in [0.717, 1.165) is 50.2 Å².